The molecule has 12 heteroatoms. The Kier molecular flexibility index (Phi) is 5.61. The van der Waals surface area contributed by atoms with E-state index in [9.17, 15) is 17.8 Å². The van der Waals surface area contributed by atoms with E-state index in [-0.39, 0.29) is 16.8 Å². The molecule has 0 saturated carbocycles. The third kappa shape index (κ3) is 3.89. The van der Waals surface area contributed by atoms with Gasteiger partial charge in [0.25, 0.3) is 0 Å². The van der Waals surface area contributed by atoms with Crippen LogP contribution < -0.4 is 20.5 Å². The number of aromatic nitrogens is 2. The number of ether oxygens (including phenoxy) is 1. The number of nitrogens with two attached hydrogens (primary N) is 1. The molecule has 33 heavy (non-hydrogen) atoms. The molecule has 3 atom stereocenters. The monoisotopic (exact) mass is 480 g/mol. The fourth-order valence-electron chi connectivity index (χ4n) is 5.05. The molecule has 0 saturated heterocycles. The van der Waals surface area contributed by atoms with Crippen molar-refractivity contribution >= 4 is 21.6 Å². The molecule has 0 fully saturated rings. The highest BCUT2D eigenvalue weighted by Gasteiger charge is 2.36. The number of hydrogen-bond acceptors (Lipinski definition) is 5. The van der Waals surface area contributed by atoms with Crippen LogP contribution in [0.5, 0.6) is 5.88 Å². The number of carbonyl (C=O) groups is 1. The topological polar surface area (TPSA) is 124 Å². The third-order valence-corrected chi connectivity index (χ3v) is 8.02. The number of nitrogens with zero attached hydrogens (tertiary/aromatic N) is 3. The quantitative estimate of drug-likeness (QED) is 0.621. The first kappa shape index (κ1) is 22.2. The molecule has 2 aliphatic carbocycles. The number of amides is 2. The van der Waals surface area contributed by atoms with Gasteiger partial charge in [0.2, 0.25) is 12.3 Å². The van der Waals surface area contributed by atoms with E-state index < -0.39 is 28.3 Å². The number of anilines is 1. The summed E-state index contributed by atoms with van der Waals surface area (Å²) in [6.45, 7) is 0.819. The summed E-state index contributed by atoms with van der Waals surface area (Å²) in [4.78, 5) is 12.9. The molecule has 0 spiro atoms. The zero-order valence-corrected chi connectivity index (χ0v) is 19.0. The maximum Gasteiger partial charge on any atom is 0.354 e. The molecule has 178 valence electrons. The van der Waals surface area contributed by atoms with E-state index in [0.29, 0.717) is 43.7 Å². The maximum absolute atomic E-state index is 13.7. The van der Waals surface area contributed by atoms with Gasteiger partial charge in [0.05, 0.1) is 18.8 Å². The number of likely N-dealkylation sites (N-methyl/N-ethyl adjacent to an activating group) is 1. The Hall–Kier alpha value is -2.57. The number of halogens is 2. The van der Waals surface area contributed by atoms with Crippen LogP contribution in [0.3, 0.4) is 0 Å². The van der Waals surface area contributed by atoms with Gasteiger partial charge in [-0.15, -0.1) is 4.36 Å². The van der Waals surface area contributed by atoms with Crippen molar-refractivity contribution in [2.24, 2.45) is 9.50 Å². The molecule has 3 aliphatic rings. The van der Waals surface area contributed by atoms with Crippen molar-refractivity contribution in [2.45, 2.75) is 61.9 Å². The number of hydrogen-bond donors (Lipinski definition) is 3. The lowest BCUT2D eigenvalue weighted by molar-refractivity contribution is 0.114. The van der Waals surface area contributed by atoms with Crippen LogP contribution in [-0.2, 0) is 35.7 Å². The minimum absolute atomic E-state index is 0.0289. The SMILES string of the molecule is CN[C@@H]1COc2c(S(N)(=O)=NC(=O)Nc3c4c(cc5c3[C@@H](C(F)F)CC5)CCC4)cnn2C1. The van der Waals surface area contributed by atoms with Gasteiger partial charge in [0.15, 0.2) is 9.92 Å². The number of aryl methyl sites for hydroxylation is 2. The summed E-state index contributed by atoms with van der Waals surface area (Å²) in [5, 5.41) is 15.9. The highest BCUT2D eigenvalue weighted by Crippen LogP contribution is 2.46. The normalized spacial score (nSPS) is 22.8. The Morgan fingerprint density at radius 2 is 2.18 bits per heavy atom. The van der Waals surface area contributed by atoms with Crippen molar-refractivity contribution in [1.82, 2.24) is 15.1 Å². The van der Waals surface area contributed by atoms with Crippen molar-refractivity contribution in [3.63, 3.8) is 0 Å². The van der Waals surface area contributed by atoms with Crippen molar-refractivity contribution < 1.29 is 22.5 Å². The Labute approximate surface area is 190 Å². The molecule has 1 aromatic heterocycles. The summed E-state index contributed by atoms with van der Waals surface area (Å²) < 4.78 is 51.6. The van der Waals surface area contributed by atoms with Gasteiger partial charge in [-0.1, -0.05) is 6.07 Å². The first-order chi connectivity index (χ1) is 15.8. The van der Waals surface area contributed by atoms with Crippen LogP contribution in [0.15, 0.2) is 21.5 Å². The second-order valence-corrected chi connectivity index (χ2v) is 10.4. The molecule has 2 amide bonds. The highest BCUT2D eigenvalue weighted by atomic mass is 32.2. The van der Waals surface area contributed by atoms with Crippen molar-refractivity contribution in [3.05, 3.63) is 34.5 Å². The zero-order valence-electron chi connectivity index (χ0n) is 18.1. The number of urea groups is 1. The van der Waals surface area contributed by atoms with E-state index in [1.54, 1.807) is 7.05 Å². The Balaban J connectivity index is 1.48. The third-order valence-electron chi connectivity index (χ3n) is 6.67. The van der Waals surface area contributed by atoms with Crippen LogP contribution in [0, 0.1) is 0 Å². The summed E-state index contributed by atoms with van der Waals surface area (Å²) in [5.41, 5.74) is 3.62. The highest BCUT2D eigenvalue weighted by molar-refractivity contribution is 7.91. The first-order valence-corrected chi connectivity index (χ1v) is 12.5. The smallest absolute Gasteiger partial charge is 0.354 e. The number of alkyl halides is 2. The molecular formula is C21H26F2N6O3S. The van der Waals surface area contributed by atoms with Crippen LogP contribution in [0.1, 0.15) is 41.0 Å². The summed E-state index contributed by atoms with van der Waals surface area (Å²) in [7, 11) is -1.88. The Bertz CT molecular complexity index is 1240. The molecule has 9 nitrogen and oxygen atoms in total. The number of fused-ring (bicyclic) bond motifs is 3. The first-order valence-electron chi connectivity index (χ1n) is 11.0. The van der Waals surface area contributed by atoms with E-state index in [1.807, 2.05) is 6.07 Å². The standard InChI is InChI=1S/C21H26F2N6O3S/c1-25-13-9-29-20(32-10-13)16(8-26-29)33(24,31)28-21(30)27-18-14-4-2-3-11(14)7-12-5-6-15(17(12)18)19(22)23/h7-8,13,15,19,25H,2-6,9-10H2,1H3,(H3,24,27,28,30,31)/t13-,15-,33?/m0/s1. The van der Waals surface area contributed by atoms with Gasteiger partial charge in [-0.05, 0) is 61.4 Å². The number of carbonyl (C=O) groups excluding carboxylic acids is 1. The van der Waals surface area contributed by atoms with E-state index in [4.69, 9.17) is 9.88 Å². The van der Waals surface area contributed by atoms with Crippen LogP contribution in [0.4, 0.5) is 19.3 Å². The molecule has 1 aromatic carbocycles. The lowest BCUT2D eigenvalue weighted by Crippen LogP contribution is -2.40. The largest absolute Gasteiger partial charge is 0.475 e. The summed E-state index contributed by atoms with van der Waals surface area (Å²) in [5.74, 6) is -0.732. The van der Waals surface area contributed by atoms with Gasteiger partial charge in [-0.2, -0.15) is 5.10 Å². The second kappa shape index (κ2) is 8.33. The van der Waals surface area contributed by atoms with Gasteiger partial charge in [0, 0.05) is 11.6 Å². The van der Waals surface area contributed by atoms with Crippen molar-refractivity contribution in [2.75, 3.05) is 19.0 Å². The molecule has 5 rings (SSSR count). The molecule has 2 aromatic rings. The lowest BCUT2D eigenvalue weighted by atomic mass is 9.94. The molecule has 4 N–H and O–H groups in total. The Morgan fingerprint density at radius 3 is 2.94 bits per heavy atom. The van der Waals surface area contributed by atoms with Crippen molar-refractivity contribution in [3.8, 4) is 5.88 Å². The zero-order chi connectivity index (χ0) is 23.3. The summed E-state index contributed by atoms with van der Waals surface area (Å²) in [6, 6.07) is 1.09. The van der Waals surface area contributed by atoms with Gasteiger partial charge in [-0.25, -0.2) is 27.6 Å². The predicted molar refractivity (Wildman–Crippen MR) is 118 cm³/mol. The fraction of sp³-hybridized carbons (Fsp3) is 0.524. The lowest BCUT2D eigenvalue weighted by Gasteiger charge is -2.24. The molecule has 0 radical (unpaired) electrons. The minimum Gasteiger partial charge on any atom is -0.475 e. The average molecular weight is 481 g/mol. The van der Waals surface area contributed by atoms with Crippen LogP contribution in [-0.4, -0.2) is 46.1 Å². The number of rotatable bonds is 4. The predicted octanol–water partition coefficient (Wildman–Crippen LogP) is 2.58. The number of nitrogens with one attached hydrogen (secondary N) is 2. The van der Waals surface area contributed by atoms with Crippen molar-refractivity contribution in [1.29, 1.82) is 0 Å². The summed E-state index contributed by atoms with van der Waals surface area (Å²) >= 11 is 0. The molecule has 0 bridgehead atoms. The number of benzene rings is 1. The van der Waals surface area contributed by atoms with Crippen LogP contribution in [0.2, 0.25) is 0 Å². The van der Waals surface area contributed by atoms with Crippen LogP contribution in [0.25, 0.3) is 0 Å². The molecule has 1 aliphatic heterocycles. The van der Waals surface area contributed by atoms with E-state index in [1.165, 1.54) is 10.9 Å². The molecular weight excluding hydrogens is 454 g/mol. The second-order valence-electron chi connectivity index (χ2n) is 8.68. The fourth-order valence-corrected chi connectivity index (χ4v) is 6.06. The van der Waals surface area contributed by atoms with Crippen LogP contribution >= 0.6 is 0 Å². The molecule has 1 unspecified atom stereocenters. The summed E-state index contributed by atoms with van der Waals surface area (Å²) in [6.07, 6.45) is 2.04. The Morgan fingerprint density at radius 1 is 1.36 bits per heavy atom. The van der Waals surface area contributed by atoms with E-state index in [2.05, 4.69) is 20.1 Å². The average Bonchev–Trinajstić information content (AvgIpc) is 3.50. The van der Waals surface area contributed by atoms with Gasteiger partial charge in [0.1, 0.15) is 11.5 Å². The molecule has 2 heterocycles. The maximum atomic E-state index is 13.7. The van der Waals surface area contributed by atoms with Gasteiger partial charge < -0.3 is 15.4 Å². The van der Waals surface area contributed by atoms with Gasteiger partial charge >= 0.3 is 6.03 Å². The van der Waals surface area contributed by atoms with E-state index in [0.717, 1.165) is 29.5 Å². The van der Waals surface area contributed by atoms with Gasteiger partial charge in [-0.3, -0.25) is 0 Å². The van der Waals surface area contributed by atoms with E-state index >= 15 is 0 Å². The minimum atomic E-state index is -3.67.